The fourth-order valence-electron chi connectivity index (χ4n) is 3.50. The number of rotatable bonds is 7. The van der Waals surface area contributed by atoms with Gasteiger partial charge in [-0.1, -0.05) is 109 Å². The third-order valence-corrected chi connectivity index (χ3v) is 4.96. The van der Waals surface area contributed by atoms with Crippen molar-refractivity contribution in [3.8, 4) is 0 Å². The van der Waals surface area contributed by atoms with Crippen molar-refractivity contribution in [3.63, 3.8) is 0 Å². The number of hydrogen-bond donors (Lipinski definition) is 1. The highest BCUT2D eigenvalue weighted by Gasteiger charge is 2.21. The first-order valence-corrected chi connectivity index (χ1v) is 9.93. The summed E-state index contributed by atoms with van der Waals surface area (Å²) < 4.78 is 0. The first-order valence-electron chi connectivity index (χ1n) is 9.93. The van der Waals surface area contributed by atoms with E-state index in [2.05, 4.69) is 90.4 Å². The van der Waals surface area contributed by atoms with Gasteiger partial charge in [-0.05, 0) is 35.2 Å². The van der Waals surface area contributed by atoms with Gasteiger partial charge in [0.1, 0.15) is 0 Å². The monoisotopic (exact) mass is 376 g/mol. The van der Waals surface area contributed by atoms with Gasteiger partial charge in [0.05, 0.1) is 11.4 Å². The fraction of sp³-hybridized carbons (Fsp3) is 0.0741. The maximum atomic E-state index is 4.90. The molecular formula is C27H24N2. The van der Waals surface area contributed by atoms with Crippen LogP contribution in [-0.2, 0) is 6.42 Å². The summed E-state index contributed by atoms with van der Waals surface area (Å²) in [5.41, 5.74) is 8.96. The molecule has 2 heteroatoms. The second-order valence-corrected chi connectivity index (χ2v) is 6.99. The number of para-hydroxylation sites is 1. The van der Waals surface area contributed by atoms with Crippen molar-refractivity contribution < 1.29 is 0 Å². The molecule has 0 saturated heterocycles. The molecule has 29 heavy (non-hydrogen) atoms. The molecule has 0 aromatic heterocycles. The molecule has 2 nitrogen and oxygen atoms in total. The zero-order chi connectivity index (χ0) is 19.7. The Bertz CT molecular complexity index is 1030. The van der Waals surface area contributed by atoms with Crippen LogP contribution < -0.4 is 5.43 Å². The Morgan fingerprint density at radius 1 is 0.621 bits per heavy atom. The average molecular weight is 377 g/mol. The predicted octanol–water partition coefficient (Wildman–Crippen LogP) is 6.53. The molecule has 0 fully saturated rings. The van der Waals surface area contributed by atoms with Gasteiger partial charge >= 0.3 is 0 Å². The zero-order valence-corrected chi connectivity index (χ0v) is 16.3. The lowest BCUT2D eigenvalue weighted by atomic mass is 9.85. The van der Waals surface area contributed by atoms with Gasteiger partial charge in [0, 0.05) is 5.92 Å². The van der Waals surface area contributed by atoms with Crippen LogP contribution in [0.25, 0.3) is 0 Å². The molecule has 0 spiro atoms. The summed E-state index contributed by atoms with van der Waals surface area (Å²) in [5, 5.41) is 4.90. The van der Waals surface area contributed by atoms with Crippen LogP contribution in [0.4, 0.5) is 5.69 Å². The molecule has 0 radical (unpaired) electrons. The summed E-state index contributed by atoms with van der Waals surface area (Å²) in [4.78, 5) is 0. The van der Waals surface area contributed by atoms with Crippen LogP contribution in [0.15, 0.2) is 126 Å². The molecule has 1 N–H and O–H groups in total. The number of anilines is 1. The Morgan fingerprint density at radius 3 is 1.76 bits per heavy atom. The molecule has 142 valence electrons. The van der Waals surface area contributed by atoms with Crippen molar-refractivity contribution in [2.75, 3.05) is 5.43 Å². The van der Waals surface area contributed by atoms with Gasteiger partial charge in [0.2, 0.25) is 0 Å². The van der Waals surface area contributed by atoms with E-state index in [-0.39, 0.29) is 5.92 Å². The largest absolute Gasteiger partial charge is 0.278 e. The SMILES string of the molecule is c1ccc(CC(/C(=N/Nc2ccccc2)c2ccccc2)c2ccccc2)cc1. The first-order chi connectivity index (χ1) is 14.4. The summed E-state index contributed by atoms with van der Waals surface area (Å²) in [6.45, 7) is 0. The third kappa shape index (κ3) is 4.99. The summed E-state index contributed by atoms with van der Waals surface area (Å²) in [7, 11) is 0. The molecular weight excluding hydrogens is 352 g/mol. The minimum absolute atomic E-state index is 0.136. The number of hydrogen-bond acceptors (Lipinski definition) is 2. The number of nitrogens with one attached hydrogen (secondary N) is 1. The molecule has 4 rings (SSSR count). The quantitative estimate of drug-likeness (QED) is 0.288. The van der Waals surface area contributed by atoms with Crippen molar-refractivity contribution in [1.82, 2.24) is 0 Å². The molecule has 4 aromatic carbocycles. The molecule has 0 aliphatic rings. The average Bonchev–Trinajstić information content (AvgIpc) is 2.81. The maximum absolute atomic E-state index is 4.90. The normalized spacial score (nSPS) is 12.3. The Balaban J connectivity index is 1.77. The lowest BCUT2D eigenvalue weighted by Crippen LogP contribution is -2.18. The van der Waals surface area contributed by atoms with Crippen LogP contribution in [0, 0.1) is 0 Å². The van der Waals surface area contributed by atoms with Crippen LogP contribution in [0.1, 0.15) is 22.6 Å². The highest BCUT2D eigenvalue weighted by Crippen LogP contribution is 2.26. The first kappa shape index (κ1) is 18.7. The van der Waals surface area contributed by atoms with Gasteiger partial charge in [-0.25, -0.2) is 0 Å². The van der Waals surface area contributed by atoms with E-state index in [0.717, 1.165) is 23.4 Å². The van der Waals surface area contributed by atoms with Crippen LogP contribution in [-0.4, -0.2) is 5.71 Å². The highest BCUT2D eigenvalue weighted by molar-refractivity contribution is 6.05. The smallest absolute Gasteiger partial charge is 0.0757 e. The molecule has 0 amide bonds. The standard InChI is InChI=1S/C27H24N2/c1-5-13-22(14-6-1)21-26(23-15-7-2-8-16-23)27(24-17-9-3-10-18-24)29-28-25-19-11-4-12-20-25/h1-20,26,28H,21H2/b29-27+. The Labute approximate surface area is 172 Å². The Hall–Kier alpha value is -3.65. The lowest BCUT2D eigenvalue weighted by molar-refractivity contribution is 0.873. The molecule has 0 bridgehead atoms. The van der Waals surface area contributed by atoms with E-state index < -0.39 is 0 Å². The Morgan fingerprint density at radius 2 is 1.14 bits per heavy atom. The molecule has 0 heterocycles. The second kappa shape index (κ2) is 9.52. The fourth-order valence-corrected chi connectivity index (χ4v) is 3.50. The van der Waals surface area contributed by atoms with Crippen LogP contribution in [0.5, 0.6) is 0 Å². The minimum Gasteiger partial charge on any atom is -0.278 e. The zero-order valence-electron chi connectivity index (χ0n) is 16.3. The van der Waals surface area contributed by atoms with E-state index in [9.17, 15) is 0 Å². The number of nitrogens with zero attached hydrogens (tertiary/aromatic N) is 1. The summed E-state index contributed by atoms with van der Waals surface area (Å²) in [6, 6.07) is 41.8. The van der Waals surface area contributed by atoms with Gasteiger partial charge in [-0.15, -0.1) is 0 Å². The molecule has 4 aromatic rings. The van der Waals surface area contributed by atoms with E-state index in [1.807, 2.05) is 36.4 Å². The van der Waals surface area contributed by atoms with Crippen molar-refractivity contribution in [2.45, 2.75) is 12.3 Å². The van der Waals surface area contributed by atoms with Gasteiger partial charge < -0.3 is 0 Å². The molecule has 0 aliphatic carbocycles. The second-order valence-electron chi connectivity index (χ2n) is 6.99. The van der Waals surface area contributed by atoms with Crippen LogP contribution in [0.3, 0.4) is 0 Å². The molecule has 0 saturated carbocycles. The van der Waals surface area contributed by atoms with Gasteiger partial charge in [0.25, 0.3) is 0 Å². The third-order valence-electron chi connectivity index (χ3n) is 4.96. The topological polar surface area (TPSA) is 24.4 Å². The van der Waals surface area contributed by atoms with Crippen molar-refractivity contribution >= 4 is 11.4 Å². The number of benzene rings is 4. The maximum Gasteiger partial charge on any atom is 0.0757 e. The summed E-state index contributed by atoms with van der Waals surface area (Å²) in [5.74, 6) is 0.136. The number of hydrazone groups is 1. The van der Waals surface area contributed by atoms with Crippen molar-refractivity contribution in [3.05, 3.63) is 138 Å². The predicted molar refractivity (Wildman–Crippen MR) is 122 cm³/mol. The van der Waals surface area contributed by atoms with Gasteiger partial charge in [-0.2, -0.15) is 5.10 Å². The lowest BCUT2D eigenvalue weighted by Gasteiger charge is -2.21. The van der Waals surface area contributed by atoms with Crippen molar-refractivity contribution in [2.24, 2.45) is 5.10 Å². The highest BCUT2D eigenvalue weighted by atomic mass is 15.3. The van der Waals surface area contributed by atoms with E-state index >= 15 is 0 Å². The molecule has 1 unspecified atom stereocenters. The van der Waals surface area contributed by atoms with E-state index in [4.69, 9.17) is 5.10 Å². The summed E-state index contributed by atoms with van der Waals surface area (Å²) >= 11 is 0. The van der Waals surface area contributed by atoms with Crippen molar-refractivity contribution in [1.29, 1.82) is 0 Å². The Kier molecular flexibility index (Phi) is 6.14. The van der Waals surface area contributed by atoms with Crippen LogP contribution in [0.2, 0.25) is 0 Å². The van der Waals surface area contributed by atoms with Gasteiger partial charge in [0.15, 0.2) is 0 Å². The van der Waals surface area contributed by atoms with E-state index in [0.29, 0.717) is 0 Å². The van der Waals surface area contributed by atoms with E-state index in [1.54, 1.807) is 0 Å². The van der Waals surface area contributed by atoms with Gasteiger partial charge in [-0.3, -0.25) is 5.43 Å². The van der Waals surface area contributed by atoms with E-state index in [1.165, 1.54) is 11.1 Å². The molecule has 0 aliphatic heterocycles. The van der Waals surface area contributed by atoms with Crippen LogP contribution >= 0.6 is 0 Å². The summed E-state index contributed by atoms with van der Waals surface area (Å²) in [6.07, 6.45) is 0.884. The molecule has 1 atom stereocenters. The minimum atomic E-state index is 0.136.